The van der Waals surface area contributed by atoms with Gasteiger partial charge in [-0.15, -0.1) is 0 Å². The highest BCUT2D eigenvalue weighted by atomic mass is 32.2. The molecule has 0 radical (unpaired) electrons. The van der Waals surface area contributed by atoms with Gasteiger partial charge < -0.3 is 10.9 Å². The maximum Gasteiger partial charge on any atom is 0.241 e. The van der Waals surface area contributed by atoms with Crippen LogP contribution >= 0.6 is 0 Å². The molecule has 1 fully saturated rings. The van der Waals surface area contributed by atoms with Crippen molar-refractivity contribution in [2.24, 2.45) is 10.9 Å². The van der Waals surface area contributed by atoms with Gasteiger partial charge in [0.25, 0.3) is 0 Å². The highest BCUT2D eigenvalue weighted by Crippen LogP contribution is 2.30. The van der Waals surface area contributed by atoms with Crippen LogP contribution in [0, 0.1) is 6.92 Å². The summed E-state index contributed by atoms with van der Waals surface area (Å²) in [6.07, 6.45) is 3.77. The molecule has 4 N–H and O–H groups in total. The van der Waals surface area contributed by atoms with Crippen molar-refractivity contribution in [2.45, 2.75) is 49.5 Å². The number of rotatable bonds is 4. The van der Waals surface area contributed by atoms with E-state index in [-0.39, 0.29) is 10.7 Å². The third-order valence-electron chi connectivity index (χ3n) is 3.97. The lowest BCUT2D eigenvalue weighted by Crippen LogP contribution is -2.58. The predicted molar refractivity (Wildman–Crippen MR) is 80.7 cm³/mol. The lowest BCUT2D eigenvalue weighted by molar-refractivity contribution is 0.294. The molecular formula is C14H21N3O3S. The minimum Gasteiger partial charge on any atom is -0.409 e. The molecule has 116 valence electrons. The Morgan fingerprint density at radius 3 is 2.33 bits per heavy atom. The van der Waals surface area contributed by atoms with Crippen LogP contribution in [-0.4, -0.2) is 25.0 Å². The average molecular weight is 311 g/mol. The fraction of sp³-hybridized carbons (Fsp3) is 0.500. The van der Waals surface area contributed by atoms with Crippen LogP contribution in [0.1, 0.15) is 37.7 Å². The number of hydrogen-bond acceptors (Lipinski definition) is 4. The summed E-state index contributed by atoms with van der Waals surface area (Å²) in [4.78, 5) is 0.184. The van der Waals surface area contributed by atoms with E-state index >= 15 is 0 Å². The first-order chi connectivity index (χ1) is 9.89. The Bertz CT molecular complexity index is 617. The van der Waals surface area contributed by atoms with Crippen molar-refractivity contribution in [3.8, 4) is 0 Å². The van der Waals surface area contributed by atoms with E-state index in [2.05, 4.69) is 9.88 Å². The number of nitrogens with two attached hydrogens (primary N) is 1. The lowest BCUT2D eigenvalue weighted by Gasteiger charge is -2.36. The van der Waals surface area contributed by atoms with Gasteiger partial charge in [0.15, 0.2) is 5.84 Å². The smallest absolute Gasteiger partial charge is 0.241 e. The van der Waals surface area contributed by atoms with E-state index < -0.39 is 15.6 Å². The van der Waals surface area contributed by atoms with Gasteiger partial charge in [-0.1, -0.05) is 42.1 Å². The first kappa shape index (κ1) is 15.8. The quantitative estimate of drug-likeness (QED) is 0.341. The topological polar surface area (TPSA) is 105 Å². The van der Waals surface area contributed by atoms with Gasteiger partial charge in [-0.3, -0.25) is 0 Å². The molecule has 0 aliphatic heterocycles. The molecule has 1 aromatic rings. The van der Waals surface area contributed by atoms with E-state index in [4.69, 9.17) is 10.9 Å². The maximum absolute atomic E-state index is 12.5. The van der Waals surface area contributed by atoms with E-state index in [0.717, 1.165) is 24.8 Å². The second kappa shape index (κ2) is 6.03. The van der Waals surface area contributed by atoms with Crippen molar-refractivity contribution < 1.29 is 13.6 Å². The third-order valence-corrected chi connectivity index (χ3v) is 5.52. The second-order valence-electron chi connectivity index (χ2n) is 5.55. The number of amidine groups is 1. The molecule has 0 saturated heterocycles. The van der Waals surface area contributed by atoms with Gasteiger partial charge in [0.05, 0.1) is 10.4 Å². The van der Waals surface area contributed by atoms with E-state index in [1.54, 1.807) is 24.3 Å². The van der Waals surface area contributed by atoms with Crippen molar-refractivity contribution in [1.82, 2.24) is 4.72 Å². The van der Waals surface area contributed by atoms with E-state index in [1.807, 2.05) is 6.92 Å². The minimum absolute atomic E-state index is 0.0714. The van der Waals surface area contributed by atoms with Crippen LogP contribution in [0.2, 0.25) is 0 Å². The van der Waals surface area contributed by atoms with E-state index in [0.29, 0.717) is 12.8 Å². The number of benzene rings is 1. The number of nitrogens with zero attached hydrogens (tertiary/aromatic N) is 1. The van der Waals surface area contributed by atoms with Gasteiger partial charge in [0.2, 0.25) is 10.0 Å². The Hall–Kier alpha value is -1.60. The molecule has 1 aromatic carbocycles. The standard InChI is InChI=1S/C14H21N3O3S/c1-11-5-7-12(8-6-11)21(19,20)17-14(13(15)16-18)9-3-2-4-10-14/h5-8,17-18H,2-4,9-10H2,1H3,(H2,15,16). The third kappa shape index (κ3) is 3.36. The van der Waals surface area contributed by atoms with Gasteiger partial charge in [0.1, 0.15) is 0 Å². The van der Waals surface area contributed by atoms with Crippen LogP contribution in [0.25, 0.3) is 0 Å². The summed E-state index contributed by atoms with van der Waals surface area (Å²) in [7, 11) is -3.71. The fourth-order valence-electron chi connectivity index (χ4n) is 2.70. The molecule has 0 spiro atoms. The molecule has 0 amide bonds. The number of sulfonamides is 1. The van der Waals surface area contributed by atoms with Gasteiger partial charge in [-0.25, -0.2) is 8.42 Å². The van der Waals surface area contributed by atoms with Gasteiger partial charge >= 0.3 is 0 Å². The van der Waals surface area contributed by atoms with Crippen LogP contribution in [0.3, 0.4) is 0 Å². The second-order valence-corrected chi connectivity index (χ2v) is 7.23. The fourth-order valence-corrected chi connectivity index (χ4v) is 4.13. The largest absolute Gasteiger partial charge is 0.409 e. The van der Waals surface area contributed by atoms with Gasteiger partial charge in [-0.2, -0.15) is 4.72 Å². The normalized spacial score (nSPS) is 19.4. The Labute approximate surface area is 125 Å². The molecule has 2 rings (SSSR count). The average Bonchev–Trinajstić information content (AvgIpc) is 2.47. The molecule has 7 heteroatoms. The molecule has 0 aromatic heterocycles. The van der Waals surface area contributed by atoms with Crippen molar-refractivity contribution in [2.75, 3.05) is 0 Å². The lowest BCUT2D eigenvalue weighted by atomic mass is 9.82. The molecule has 0 atom stereocenters. The Morgan fingerprint density at radius 2 is 1.81 bits per heavy atom. The van der Waals surface area contributed by atoms with Gasteiger partial charge in [0, 0.05) is 0 Å². The highest BCUT2D eigenvalue weighted by Gasteiger charge is 2.40. The number of nitrogens with one attached hydrogen (secondary N) is 1. The summed E-state index contributed by atoms with van der Waals surface area (Å²) >= 11 is 0. The molecule has 0 bridgehead atoms. The van der Waals surface area contributed by atoms with Crippen LogP contribution < -0.4 is 10.5 Å². The van der Waals surface area contributed by atoms with Crippen molar-refractivity contribution in [1.29, 1.82) is 0 Å². The number of oxime groups is 1. The Morgan fingerprint density at radius 1 is 1.24 bits per heavy atom. The zero-order valence-electron chi connectivity index (χ0n) is 12.0. The molecule has 1 saturated carbocycles. The Kier molecular flexibility index (Phi) is 4.53. The molecular weight excluding hydrogens is 290 g/mol. The predicted octanol–water partition coefficient (Wildman–Crippen LogP) is 1.72. The summed E-state index contributed by atoms with van der Waals surface area (Å²) in [5.74, 6) is -0.0714. The van der Waals surface area contributed by atoms with E-state index in [9.17, 15) is 8.42 Å². The van der Waals surface area contributed by atoms with Crippen LogP contribution in [0.4, 0.5) is 0 Å². The first-order valence-electron chi connectivity index (χ1n) is 6.98. The zero-order valence-corrected chi connectivity index (χ0v) is 12.9. The summed E-state index contributed by atoms with van der Waals surface area (Å²) < 4.78 is 27.7. The SMILES string of the molecule is Cc1ccc(S(=O)(=O)NC2(/C(N)=N/O)CCCCC2)cc1. The van der Waals surface area contributed by atoms with Crippen LogP contribution in [-0.2, 0) is 10.0 Å². The number of aryl methyl sites for hydroxylation is 1. The van der Waals surface area contributed by atoms with Crippen molar-refractivity contribution in [3.05, 3.63) is 29.8 Å². The molecule has 1 aliphatic rings. The summed E-state index contributed by atoms with van der Waals surface area (Å²) in [6.45, 7) is 1.89. The molecule has 6 nitrogen and oxygen atoms in total. The monoisotopic (exact) mass is 311 g/mol. The Balaban J connectivity index is 2.33. The van der Waals surface area contributed by atoms with Crippen LogP contribution in [0.15, 0.2) is 34.3 Å². The van der Waals surface area contributed by atoms with Gasteiger partial charge in [-0.05, 0) is 31.9 Å². The minimum atomic E-state index is -3.71. The number of hydrogen-bond donors (Lipinski definition) is 3. The van der Waals surface area contributed by atoms with Crippen molar-refractivity contribution >= 4 is 15.9 Å². The summed E-state index contributed by atoms with van der Waals surface area (Å²) in [5.41, 5.74) is 5.76. The van der Waals surface area contributed by atoms with Crippen LogP contribution in [0.5, 0.6) is 0 Å². The maximum atomic E-state index is 12.5. The zero-order chi connectivity index (χ0) is 15.5. The molecule has 0 heterocycles. The van der Waals surface area contributed by atoms with E-state index in [1.165, 1.54) is 0 Å². The van der Waals surface area contributed by atoms with Crippen molar-refractivity contribution in [3.63, 3.8) is 0 Å². The molecule has 21 heavy (non-hydrogen) atoms. The highest BCUT2D eigenvalue weighted by molar-refractivity contribution is 7.89. The molecule has 1 aliphatic carbocycles. The summed E-state index contributed by atoms with van der Waals surface area (Å²) in [5, 5.41) is 12.0. The first-order valence-corrected chi connectivity index (χ1v) is 8.47. The molecule has 0 unspecified atom stereocenters. The summed E-state index contributed by atoms with van der Waals surface area (Å²) in [6, 6.07) is 6.60.